The average Bonchev–Trinajstić information content (AvgIpc) is 3.07. The lowest BCUT2D eigenvalue weighted by Gasteiger charge is -2.30. The van der Waals surface area contributed by atoms with Gasteiger partial charge in [0, 0.05) is 31.0 Å². The number of aromatic nitrogens is 3. The molecule has 1 aliphatic carbocycles. The molecule has 2 fully saturated rings. The van der Waals surface area contributed by atoms with Gasteiger partial charge in [0.2, 0.25) is 5.89 Å². The fourth-order valence-electron chi connectivity index (χ4n) is 3.04. The number of likely N-dealkylation sites (tertiary alicyclic amines) is 1. The summed E-state index contributed by atoms with van der Waals surface area (Å²) < 4.78 is 10.5. The van der Waals surface area contributed by atoms with E-state index in [0.717, 1.165) is 55.6 Å². The molecule has 6 nitrogen and oxygen atoms in total. The van der Waals surface area contributed by atoms with Crippen LogP contribution in [0.5, 0.6) is 0 Å². The predicted octanol–water partition coefficient (Wildman–Crippen LogP) is 2.62. The van der Waals surface area contributed by atoms with E-state index >= 15 is 0 Å². The molecule has 0 radical (unpaired) electrons. The van der Waals surface area contributed by atoms with Gasteiger partial charge >= 0.3 is 0 Å². The molecule has 1 saturated heterocycles. The molecular formula is C15H20N4O2. The Morgan fingerprint density at radius 3 is 2.86 bits per heavy atom. The van der Waals surface area contributed by atoms with Crippen LogP contribution in [0.25, 0.3) is 0 Å². The summed E-state index contributed by atoms with van der Waals surface area (Å²) in [6, 6.07) is 2.00. The molecule has 2 aromatic heterocycles. The Hall–Kier alpha value is -1.69. The minimum absolute atomic E-state index is 0.378. The van der Waals surface area contributed by atoms with Crippen molar-refractivity contribution in [1.29, 1.82) is 0 Å². The van der Waals surface area contributed by atoms with Gasteiger partial charge in [0.25, 0.3) is 0 Å². The summed E-state index contributed by atoms with van der Waals surface area (Å²) in [6.07, 6.45) is 4.70. The second-order valence-corrected chi connectivity index (χ2v) is 6.27. The van der Waals surface area contributed by atoms with Crippen LogP contribution in [0.4, 0.5) is 0 Å². The van der Waals surface area contributed by atoms with Gasteiger partial charge in [-0.1, -0.05) is 10.3 Å². The highest BCUT2D eigenvalue weighted by Gasteiger charge is 2.32. The van der Waals surface area contributed by atoms with Crippen molar-refractivity contribution in [3.8, 4) is 0 Å². The Morgan fingerprint density at radius 1 is 1.19 bits per heavy atom. The van der Waals surface area contributed by atoms with Gasteiger partial charge < -0.3 is 9.05 Å². The third kappa shape index (κ3) is 2.85. The Balaban J connectivity index is 1.41. The molecule has 1 atom stereocenters. The van der Waals surface area contributed by atoms with E-state index in [1.165, 1.54) is 12.8 Å². The first kappa shape index (κ1) is 13.0. The molecule has 2 aliphatic rings. The van der Waals surface area contributed by atoms with Crippen molar-refractivity contribution < 1.29 is 9.05 Å². The van der Waals surface area contributed by atoms with Gasteiger partial charge in [0.1, 0.15) is 5.76 Å². The first-order valence-electron chi connectivity index (χ1n) is 7.76. The largest absolute Gasteiger partial charge is 0.361 e. The number of aryl methyl sites for hydroxylation is 1. The van der Waals surface area contributed by atoms with Crippen molar-refractivity contribution in [3.63, 3.8) is 0 Å². The van der Waals surface area contributed by atoms with Gasteiger partial charge in [-0.2, -0.15) is 4.98 Å². The smallest absolute Gasteiger partial charge is 0.229 e. The van der Waals surface area contributed by atoms with E-state index in [9.17, 15) is 0 Å². The van der Waals surface area contributed by atoms with Crippen LogP contribution in [-0.4, -0.2) is 33.3 Å². The molecule has 6 heteroatoms. The standard InChI is InChI=1S/C15H20N4O2/c1-10-7-13(17-20-10)9-19-6-2-3-12(8-19)14-16-15(21-18-14)11-4-5-11/h7,11-12H,2-6,8-9H2,1H3/t12-/m0/s1. The molecule has 2 aromatic rings. The first-order chi connectivity index (χ1) is 10.3. The topological polar surface area (TPSA) is 68.2 Å². The molecule has 3 heterocycles. The van der Waals surface area contributed by atoms with Crippen molar-refractivity contribution in [2.24, 2.45) is 0 Å². The maximum absolute atomic E-state index is 5.39. The maximum Gasteiger partial charge on any atom is 0.229 e. The molecule has 0 bridgehead atoms. The van der Waals surface area contributed by atoms with E-state index in [2.05, 4.69) is 20.2 Å². The molecule has 0 aromatic carbocycles. The molecule has 1 aliphatic heterocycles. The third-order valence-electron chi connectivity index (χ3n) is 4.32. The van der Waals surface area contributed by atoms with Crippen LogP contribution in [0.3, 0.4) is 0 Å². The summed E-state index contributed by atoms with van der Waals surface area (Å²) in [5.74, 6) is 3.50. The SMILES string of the molecule is Cc1cc(CN2CCC[C@H](c3noc(C4CC4)n3)C2)no1. The van der Waals surface area contributed by atoms with Crippen molar-refractivity contribution in [3.05, 3.63) is 29.2 Å². The fraction of sp³-hybridized carbons (Fsp3) is 0.667. The zero-order chi connectivity index (χ0) is 14.2. The molecule has 21 heavy (non-hydrogen) atoms. The van der Waals surface area contributed by atoms with Gasteiger partial charge in [-0.25, -0.2) is 0 Å². The van der Waals surface area contributed by atoms with Crippen molar-refractivity contribution in [2.45, 2.75) is 51.0 Å². The van der Waals surface area contributed by atoms with E-state index < -0.39 is 0 Å². The van der Waals surface area contributed by atoms with E-state index in [4.69, 9.17) is 9.05 Å². The number of nitrogens with zero attached hydrogens (tertiary/aromatic N) is 4. The van der Waals surface area contributed by atoms with Gasteiger partial charge in [-0.05, 0) is 39.2 Å². The number of rotatable bonds is 4. The molecule has 112 valence electrons. The van der Waals surface area contributed by atoms with Crippen molar-refractivity contribution >= 4 is 0 Å². The molecule has 0 N–H and O–H groups in total. The van der Waals surface area contributed by atoms with E-state index in [-0.39, 0.29) is 0 Å². The summed E-state index contributed by atoms with van der Waals surface area (Å²) in [5.41, 5.74) is 1.000. The van der Waals surface area contributed by atoms with Crippen molar-refractivity contribution in [1.82, 2.24) is 20.2 Å². The van der Waals surface area contributed by atoms with Crippen LogP contribution in [-0.2, 0) is 6.54 Å². The molecule has 0 spiro atoms. The zero-order valence-electron chi connectivity index (χ0n) is 12.3. The van der Waals surface area contributed by atoms with Crippen LogP contribution >= 0.6 is 0 Å². The molecule has 0 amide bonds. The van der Waals surface area contributed by atoms with Crippen LogP contribution in [0.2, 0.25) is 0 Å². The summed E-state index contributed by atoms with van der Waals surface area (Å²) >= 11 is 0. The van der Waals surface area contributed by atoms with Crippen LogP contribution in [0.15, 0.2) is 15.1 Å². The maximum atomic E-state index is 5.39. The van der Waals surface area contributed by atoms with Crippen molar-refractivity contribution in [2.75, 3.05) is 13.1 Å². The fourth-order valence-corrected chi connectivity index (χ4v) is 3.04. The van der Waals surface area contributed by atoms with E-state index in [1.807, 2.05) is 13.0 Å². The lowest BCUT2D eigenvalue weighted by Crippen LogP contribution is -2.34. The van der Waals surface area contributed by atoms with Gasteiger partial charge in [-0.3, -0.25) is 4.90 Å². The second-order valence-electron chi connectivity index (χ2n) is 6.27. The lowest BCUT2D eigenvalue weighted by molar-refractivity contribution is 0.190. The second kappa shape index (κ2) is 5.26. The van der Waals surface area contributed by atoms with E-state index in [1.54, 1.807) is 0 Å². The van der Waals surface area contributed by atoms with Gasteiger partial charge in [0.05, 0.1) is 5.69 Å². The Morgan fingerprint density at radius 2 is 2.10 bits per heavy atom. The summed E-state index contributed by atoms with van der Waals surface area (Å²) in [5, 5.41) is 8.28. The Labute approximate surface area is 123 Å². The van der Waals surface area contributed by atoms with Crippen LogP contribution in [0.1, 0.15) is 60.7 Å². The lowest BCUT2D eigenvalue weighted by atomic mass is 9.97. The highest BCUT2D eigenvalue weighted by molar-refractivity contribution is 5.07. The minimum Gasteiger partial charge on any atom is -0.361 e. The molecule has 1 saturated carbocycles. The highest BCUT2D eigenvalue weighted by Crippen LogP contribution is 2.39. The van der Waals surface area contributed by atoms with Gasteiger partial charge in [-0.15, -0.1) is 0 Å². The molecular weight excluding hydrogens is 268 g/mol. The van der Waals surface area contributed by atoms with Crippen LogP contribution < -0.4 is 0 Å². The van der Waals surface area contributed by atoms with E-state index in [0.29, 0.717) is 11.8 Å². The normalized spacial score (nSPS) is 23.6. The number of hydrogen-bond donors (Lipinski definition) is 0. The predicted molar refractivity (Wildman–Crippen MR) is 74.8 cm³/mol. The summed E-state index contributed by atoms with van der Waals surface area (Å²) in [7, 11) is 0. The minimum atomic E-state index is 0.378. The average molecular weight is 288 g/mol. The first-order valence-corrected chi connectivity index (χ1v) is 7.76. The van der Waals surface area contributed by atoms with Gasteiger partial charge in [0.15, 0.2) is 5.82 Å². The third-order valence-corrected chi connectivity index (χ3v) is 4.32. The Kier molecular flexibility index (Phi) is 3.25. The molecule has 0 unspecified atom stereocenters. The zero-order valence-corrected chi connectivity index (χ0v) is 12.3. The number of hydrogen-bond acceptors (Lipinski definition) is 6. The van der Waals surface area contributed by atoms with Crippen LogP contribution in [0, 0.1) is 6.92 Å². The quantitative estimate of drug-likeness (QED) is 0.861. The monoisotopic (exact) mass is 288 g/mol. The Bertz CT molecular complexity index is 617. The molecule has 4 rings (SSSR count). The number of piperidine rings is 1. The summed E-state index contributed by atoms with van der Waals surface area (Å²) in [4.78, 5) is 7.00. The highest BCUT2D eigenvalue weighted by atomic mass is 16.5. The summed E-state index contributed by atoms with van der Waals surface area (Å²) in [6.45, 7) is 4.82.